The molecule has 0 radical (unpaired) electrons. The van der Waals surface area contributed by atoms with Crippen molar-refractivity contribution in [2.45, 2.75) is 12.8 Å². The molecule has 1 aliphatic rings. The van der Waals surface area contributed by atoms with Gasteiger partial charge in [-0.15, -0.1) is 0 Å². The van der Waals surface area contributed by atoms with Crippen molar-refractivity contribution in [3.8, 4) is 0 Å². The Morgan fingerprint density at radius 3 is 3.25 bits per heavy atom. The van der Waals surface area contributed by atoms with Crippen LogP contribution in [0.15, 0.2) is 22.8 Å². The van der Waals surface area contributed by atoms with E-state index in [4.69, 9.17) is 9.15 Å². The molecule has 16 heavy (non-hydrogen) atoms. The van der Waals surface area contributed by atoms with E-state index in [1.807, 2.05) is 4.90 Å². The van der Waals surface area contributed by atoms with Gasteiger partial charge in [-0.05, 0) is 30.9 Å². The van der Waals surface area contributed by atoms with E-state index < -0.39 is 0 Å². The maximum Gasteiger partial charge on any atom is 0.289 e. The predicted molar refractivity (Wildman–Crippen MR) is 59.2 cm³/mol. The van der Waals surface area contributed by atoms with Gasteiger partial charge in [-0.3, -0.25) is 4.79 Å². The number of hydrogen-bond donors (Lipinski definition) is 0. The highest BCUT2D eigenvalue weighted by molar-refractivity contribution is 5.91. The minimum atomic E-state index is -0.00852. The number of hydrogen-bond acceptors (Lipinski definition) is 3. The highest BCUT2D eigenvalue weighted by atomic mass is 16.5. The minimum Gasteiger partial charge on any atom is -0.459 e. The third kappa shape index (κ3) is 2.44. The molecule has 0 aromatic carbocycles. The largest absolute Gasteiger partial charge is 0.459 e. The summed E-state index contributed by atoms with van der Waals surface area (Å²) < 4.78 is 10.3. The van der Waals surface area contributed by atoms with Crippen LogP contribution < -0.4 is 0 Å². The van der Waals surface area contributed by atoms with Crippen LogP contribution in [0, 0.1) is 5.92 Å². The first-order valence-electron chi connectivity index (χ1n) is 5.63. The molecule has 1 aromatic heterocycles. The minimum absolute atomic E-state index is 0.00852. The fourth-order valence-corrected chi connectivity index (χ4v) is 2.18. The van der Waals surface area contributed by atoms with E-state index in [-0.39, 0.29) is 5.91 Å². The molecule has 88 valence electrons. The van der Waals surface area contributed by atoms with Crippen LogP contribution >= 0.6 is 0 Å². The molecular formula is C12H17NO3. The molecule has 0 N–H and O–H groups in total. The average Bonchev–Trinajstić information content (AvgIpc) is 2.82. The summed E-state index contributed by atoms with van der Waals surface area (Å²) in [5, 5.41) is 0. The van der Waals surface area contributed by atoms with Crippen LogP contribution in [0.3, 0.4) is 0 Å². The van der Waals surface area contributed by atoms with E-state index in [9.17, 15) is 4.79 Å². The maximum absolute atomic E-state index is 12.0. The Balaban J connectivity index is 1.96. The molecule has 0 saturated carbocycles. The third-order valence-corrected chi connectivity index (χ3v) is 2.94. The van der Waals surface area contributed by atoms with Gasteiger partial charge in [0.2, 0.25) is 0 Å². The van der Waals surface area contributed by atoms with Crippen LogP contribution in [-0.2, 0) is 4.74 Å². The van der Waals surface area contributed by atoms with E-state index in [0.717, 1.165) is 32.5 Å². The van der Waals surface area contributed by atoms with Gasteiger partial charge in [0.1, 0.15) is 0 Å². The molecule has 1 unspecified atom stereocenters. The van der Waals surface area contributed by atoms with Crippen molar-refractivity contribution >= 4 is 5.91 Å². The normalized spacial score (nSPS) is 21.1. The summed E-state index contributed by atoms with van der Waals surface area (Å²) in [5.74, 6) is 0.876. The number of furan rings is 1. The molecule has 0 bridgehead atoms. The monoisotopic (exact) mass is 223 g/mol. The van der Waals surface area contributed by atoms with Gasteiger partial charge < -0.3 is 14.1 Å². The lowest BCUT2D eigenvalue weighted by Crippen LogP contribution is -2.41. The Hall–Kier alpha value is -1.29. The van der Waals surface area contributed by atoms with Crippen LogP contribution in [0.25, 0.3) is 0 Å². The van der Waals surface area contributed by atoms with Gasteiger partial charge in [-0.2, -0.15) is 0 Å². The molecule has 1 saturated heterocycles. The van der Waals surface area contributed by atoms with Gasteiger partial charge in [0, 0.05) is 20.2 Å². The van der Waals surface area contributed by atoms with Gasteiger partial charge in [-0.1, -0.05) is 0 Å². The SMILES string of the molecule is COCC1CCCN(C(=O)c2ccco2)C1. The van der Waals surface area contributed by atoms with E-state index >= 15 is 0 Å². The molecular weight excluding hydrogens is 206 g/mol. The molecule has 0 spiro atoms. The van der Waals surface area contributed by atoms with Crippen LogP contribution in [0.2, 0.25) is 0 Å². The van der Waals surface area contributed by atoms with Crippen molar-refractivity contribution in [1.29, 1.82) is 0 Å². The van der Waals surface area contributed by atoms with Crippen LogP contribution in [-0.4, -0.2) is 37.6 Å². The molecule has 1 atom stereocenters. The molecule has 1 amide bonds. The van der Waals surface area contributed by atoms with E-state index in [1.165, 1.54) is 6.26 Å². The highest BCUT2D eigenvalue weighted by Gasteiger charge is 2.25. The van der Waals surface area contributed by atoms with Crippen molar-refractivity contribution in [1.82, 2.24) is 4.90 Å². The zero-order valence-corrected chi connectivity index (χ0v) is 9.52. The maximum atomic E-state index is 12.0. The number of rotatable bonds is 3. The van der Waals surface area contributed by atoms with Gasteiger partial charge in [0.05, 0.1) is 12.9 Å². The first kappa shape index (κ1) is 11.2. The van der Waals surface area contributed by atoms with E-state index in [2.05, 4.69) is 0 Å². The van der Waals surface area contributed by atoms with E-state index in [0.29, 0.717) is 11.7 Å². The lowest BCUT2D eigenvalue weighted by molar-refractivity contribution is 0.0543. The lowest BCUT2D eigenvalue weighted by atomic mass is 9.99. The lowest BCUT2D eigenvalue weighted by Gasteiger charge is -2.31. The van der Waals surface area contributed by atoms with Gasteiger partial charge >= 0.3 is 0 Å². The fraction of sp³-hybridized carbons (Fsp3) is 0.583. The van der Waals surface area contributed by atoms with Crippen molar-refractivity contribution < 1.29 is 13.9 Å². The topological polar surface area (TPSA) is 42.7 Å². The smallest absolute Gasteiger partial charge is 0.289 e. The molecule has 1 fully saturated rings. The van der Waals surface area contributed by atoms with Crippen molar-refractivity contribution in [3.05, 3.63) is 24.2 Å². The number of carbonyl (C=O) groups is 1. The summed E-state index contributed by atoms with van der Waals surface area (Å²) in [6.07, 6.45) is 3.71. The zero-order chi connectivity index (χ0) is 11.4. The van der Waals surface area contributed by atoms with Crippen molar-refractivity contribution in [3.63, 3.8) is 0 Å². The molecule has 1 aliphatic heterocycles. The van der Waals surface area contributed by atoms with Gasteiger partial charge in [0.25, 0.3) is 5.91 Å². The molecule has 2 heterocycles. The summed E-state index contributed by atoms with van der Waals surface area (Å²) in [6.45, 7) is 2.31. The Morgan fingerprint density at radius 2 is 2.56 bits per heavy atom. The number of amides is 1. The number of ether oxygens (including phenoxy) is 1. The van der Waals surface area contributed by atoms with Gasteiger partial charge in [-0.25, -0.2) is 0 Å². The molecule has 2 rings (SSSR count). The summed E-state index contributed by atoms with van der Waals surface area (Å²) in [4.78, 5) is 13.9. The summed E-state index contributed by atoms with van der Waals surface area (Å²) in [6, 6.07) is 3.45. The zero-order valence-electron chi connectivity index (χ0n) is 9.52. The van der Waals surface area contributed by atoms with Crippen LogP contribution in [0.1, 0.15) is 23.4 Å². The molecule has 0 aliphatic carbocycles. The van der Waals surface area contributed by atoms with Crippen LogP contribution in [0.4, 0.5) is 0 Å². The number of likely N-dealkylation sites (tertiary alicyclic amines) is 1. The summed E-state index contributed by atoms with van der Waals surface area (Å²) in [7, 11) is 1.70. The first-order valence-corrected chi connectivity index (χ1v) is 5.63. The number of piperidine rings is 1. The number of methoxy groups -OCH3 is 1. The Kier molecular flexibility index (Phi) is 3.62. The van der Waals surface area contributed by atoms with E-state index in [1.54, 1.807) is 19.2 Å². The number of carbonyl (C=O) groups excluding carboxylic acids is 1. The molecule has 4 heteroatoms. The third-order valence-electron chi connectivity index (χ3n) is 2.94. The Bertz CT molecular complexity index is 332. The quantitative estimate of drug-likeness (QED) is 0.784. The second-order valence-electron chi connectivity index (χ2n) is 4.19. The standard InChI is InChI=1S/C12H17NO3/c1-15-9-10-4-2-6-13(8-10)12(14)11-5-3-7-16-11/h3,5,7,10H,2,4,6,8-9H2,1H3. The van der Waals surface area contributed by atoms with Crippen molar-refractivity contribution in [2.24, 2.45) is 5.92 Å². The highest BCUT2D eigenvalue weighted by Crippen LogP contribution is 2.18. The first-order chi connectivity index (χ1) is 7.81. The summed E-state index contributed by atoms with van der Waals surface area (Å²) in [5.41, 5.74) is 0. The fourth-order valence-electron chi connectivity index (χ4n) is 2.18. The summed E-state index contributed by atoms with van der Waals surface area (Å²) >= 11 is 0. The number of nitrogens with zero attached hydrogens (tertiary/aromatic N) is 1. The predicted octanol–water partition coefficient (Wildman–Crippen LogP) is 1.78. The Labute approximate surface area is 95.2 Å². The molecule has 1 aromatic rings. The average molecular weight is 223 g/mol. The molecule has 4 nitrogen and oxygen atoms in total. The second-order valence-corrected chi connectivity index (χ2v) is 4.19. The van der Waals surface area contributed by atoms with Crippen molar-refractivity contribution in [2.75, 3.05) is 26.8 Å². The second kappa shape index (κ2) is 5.16. The van der Waals surface area contributed by atoms with Gasteiger partial charge in [0.15, 0.2) is 5.76 Å². The Morgan fingerprint density at radius 1 is 1.69 bits per heavy atom. The van der Waals surface area contributed by atoms with Crippen LogP contribution in [0.5, 0.6) is 0 Å².